The summed E-state index contributed by atoms with van der Waals surface area (Å²) in [6, 6.07) is 7.55. The van der Waals surface area contributed by atoms with Gasteiger partial charge in [-0.1, -0.05) is 28.1 Å². The van der Waals surface area contributed by atoms with Crippen LogP contribution in [-0.4, -0.2) is 54.4 Å². The van der Waals surface area contributed by atoms with Gasteiger partial charge in [-0.05, 0) is 45.4 Å². The Hall–Kier alpha value is -1.36. The monoisotopic (exact) mass is 454 g/mol. The smallest absolute Gasteiger partial charge is 0.272 e. The van der Waals surface area contributed by atoms with Gasteiger partial charge in [-0.2, -0.15) is 5.10 Å². The van der Waals surface area contributed by atoms with Gasteiger partial charge in [0.1, 0.15) is 18.3 Å². The Kier molecular flexibility index (Phi) is 5.09. The zero-order valence-corrected chi connectivity index (χ0v) is 17.6. The average molecular weight is 455 g/mol. The van der Waals surface area contributed by atoms with Crippen LogP contribution in [0.25, 0.3) is 0 Å². The van der Waals surface area contributed by atoms with Crippen LogP contribution in [0.4, 0.5) is 0 Å². The van der Waals surface area contributed by atoms with Crippen LogP contribution < -0.4 is 5.43 Å². The van der Waals surface area contributed by atoms with Gasteiger partial charge in [0.25, 0.3) is 5.91 Å². The van der Waals surface area contributed by atoms with Crippen LogP contribution in [-0.2, 0) is 28.5 Å². The van der Waals surface area contributed by atoms with E-state index in [1.165, 1.54) is 0 Å². The summed E-state index contributed by atoms with van der Waals surface area (Å²) in [6.45, 7) is 7.17. The fourth-order valence-corrected chi connectivity index (χ4v) is 4.06. The molecule has 3 saturated heterocycles. The van der Waals surface area contributed by atoms with E-state index in [-0.39, 0.29) is 0 Å². The summed E-state index contributed by atoms with van der Waals surface area (Å²) in [5.74, 6) is -2.13. The number of amides is 1. The van der Waals surface area contributed by atoms with Gasteiger partial charge < -0.3 is 23.7 Å². The number of rotatable bonds is 3. The Morgan fingerprint density at radius 3 is 2.50 bits per heavy atom. The van der Waals surface area contributed by atoms with Crippen molar-refractivity contribution in [3.63, 3.8) is 0 Å². The first kappa shape index (κ1) is 19.9. The highest BCUT2D eigenvalue weighted by molar-refractivity contribution is 9.10. The minimum absolute atomic E-state index is 0.436. The number of nitrogens with one attached hydrogen (secondary N) is 1. The van der Waals surface area contributed by atoms with Crippen molar-refractivity contribution in [1.29, 1.82) is 0 Å². The van der Waals surface area contributed by atoms with Gasteiger partial charge in [-0.3, -0.25) is 4.79 Å². The molecule has 28 heavy (non-hydrogen) atoms. The second-order valence-electron chi connectivity index (χ2n) is 7.88. The van der Waals surface area contributed by atoms with Crippen molar-refractivity contribution in [3.8, 4) is 0 Å². The second-order valence-corrected chi connectivity index (χ2v) is 8.79. The Bertz CT molecular complexity index is 798. The number of benzene rings is 1. The second kappa shape index (κ2) is 7.16. The van der Waals surface area contributed by atoms with Gasteiger partial charge in [0, 0.05) is 4.47 Å². The molecule has 0 aromatic heterocycles. The third-order valence-electron chi connectivity index (χ3n) is 4.65. The number of carbonyl (C=O) groups excluding carboxylic acids is 1. The maximum absolute atomic E-state index is 12.8. The molecule has 0 spiro atoms. The number of halogens is 1. The molecule has 0 saturated carbocycles. The molecule has 3 aliphatic heterocycles. The van der Waals surface area contributed by atoms with Gasteiger partial charge in [0.2, 0.25) is 0 Å². The maximum Gasteiger partial charge on any atom is 0.272 e. The molecular weight excluding hydrogens is 432 g/mol. The topological polar surface area (TPSA) is 87.6 Å². The van der Waals surface area contributed by atoms with Crippen molar-refractivity contribution in [2.24, 2.45) is 5.10 Å². The molecule has 152 valence electrons. The van der Waals surface area contributed by atoms with E-state index >= 15 is 0 Å². The van der Waals surface area contributed by atoms with Crippen molar-refractivity contribution in [2.45, 2.75) is 70.0 Å². The fraction of sp³-hybridized carbons (Fsp3) is 0.579. The molecule has 4 rings (SSSR count). The molecule has 5 atom stereocenters. The van der Waals surface area contributed by atoms with Crippen molar-refractivity contribution in [1.82, 2.24) is 5.43 Å². The third-order valence-corrected chi connectivity index (χ3v) is 5.14. The lowest BCUT2D eigenvalue weighted by molar-refractivity contribution is -0.231. The highest BCUT2D eigenvalue weighted by atomic mass is 79.9. The Morgan fingerprint density at radius 2 is 1.75 bits per heavy atom. The number of hydrogen-bond donors (Lipinski definition) is 1. The number of nitrogens with zero attached hydrogens (tertiary/aromatic N) is 1. The standard InChI is InChI=1S/C19H23BrN2O6/c1-18(2)25-12-13(26-18)15-17(28-19(3,4)27-15)24-14(12)16(23)22-21-9-10-6-5-7-11(20)8-10/h5-9,12-15,17H,1-4H3,(H,22,23)/t12-,13-,14+,15-,17+/m1/s1. The number of hydrazone groups is 1. The van der Waals surface area contributed by atoms with Gasteiger partial charge in [-0.15, -0.1) is 0 Å². The van der Waals surface area contributed by atoms with Crippen LogP contribution in [0, 0.1) is 0 Å². The van der Waals surface area contributed by atoms with E-state index in [2.05, 4.69) is 26.5 Å². The lowest BCUT2D eigenvalue weighted by Gasteiger charge is -2.36. The molecule has 0 bridgehead atoms. The highest BCUT2D eigenvalue weighted by Gasteiger charge is 2.62. The Balaban J connectivity index is 1.49. The normalized spacial score (nSPS) is 35.5. The van der Waals surface area contributed by atoms with Crippen LogP contribution in [0.5, 0.6) is 0 Å². The minimum Gasteiger partial charge on any atom is -0.342 e. The van der Waals surface area contributed by atoms with Crippen molar-refractivity contribution in [2.75, 3.05) is 0 Å². The summed E-state index contributed by atoms with van der Waals surface area (Å²) in [7, 11) is 0. The van der Waals surface area contributed by atoms with Crippen LogP contribution in [0.1, 0.15) is 33.3 Å². The first-order valence-electron chi connectivity index (χ1n) is 9.09. The Labute approximate surface area is 171 Å². The lowest BCUT2D eigenvalue weighted by Crippen LogP contribution is -2.59. The number of ether oxygens (including phenoxy) is 5. The molecular formula is C19H23BrN2O6. The molecule has 0 radical (unpaired) electrons. The average Bonchev–Trinajstić information content (AvgIpc) is 3.08. The van der Waals surface area contributed by atoms with Crippen molar-refractivity contribution < 1.29 is 28.5 Å². The first-order valence-corrected chi connectivity index (χ1v) is 9.88. The number of hydrogen-bond acceptors (Lipinski definition) is 7. The summed E-state index contributed by atoms with van der Waals surface area (Å²) in [5, 5.41) is 4.03. The van der Waals surface area contributed by atoms with E-state index in [1.807, 2.05) is 24.3 Å². The molecule has 1 amide bonds. The minimum atomic E-state index is -0.940. The molecule has 3 heterocycles. The highest BCUT2D eigenvalue weighted by Crippen LogP contribution is 2.44. The molecule has 9 heteroatoms. The summed E-state index contributed by atoms with van der Waals surface area (Å²) in [5.41, 5.74) is 3.36. The summed E-state index contributed by atoms with van der Waals surface area (Å²) in [6.07, 6.45) is -1.70. The van der Waals surface area contributed by atoms with Gasteiger partial charge in [0.05, 0.1) is 6.21 Å². The SMILES string of the molecule is CC1(C)O[C@@H]2[C@@H](O1)[C@@H](C(=O)NN=Cc1cccc(Br)c1)O[C@H]1OC(C)(C)O[C@@H]12. The lowest BCUT2D eigenvalue weighted by atomic mass is 9.98. The Morgan fingerprint density at radius 1 is 1.07 bits per heavy atom. The molecule has 3 fully saturated rings. The maximum atomic E-state index is 12.8. The van der Waals surface area contributed by atoms with Crippen LogP contribution in [0.3, 0.4) is 0 Å². The molecule has 8 nitrogen and oxygen atoms in total. The summed E-state index contributed by atoms with van der Waals surface area (Å²) < 4.78 is 30.5. The predicted molar refractivity (Wildman–Crippen MR) is 102 cm³/mol. The molecule has 1 aromatic rings. The van der Waals surface area contributed by atoms with Gasteiger partial charge >= 0.3 is 0 Å². The largest absolute Gasteiger partial charge is 0.342 e. The van der Waals surface area contributed by atoms with Crippen molar-refractivity contribution in [3.05, 3.63) is 34.3 Å². The number of carbonyl (C=O) groups is 1. The fourth-order valence-electron chi connectivity index (χ4n) is 3.64. The van der Waals surface area contributed by atoms with Crippen LogP contribution >= 0.6 is 15.9 Å². The van der Waals surface area contributed by atoms with E-state index in [0.717, 1.165) is 10.0 Å². The molecule has 0 unspecified atom stereocenters. The molecule has 3 aliphatic rings. The summed E-state index contributed by atoms with van der Waals surface area (Å²) in [4.78, 5) is 12.8. The van der Waals surface area contributed by atoms with E-state index in [9.17, 15) is 4.79 Å². The molecule has 1 N–H and O–H groups in total. The third kappa shape index (κ3) is 4.00. The van der Waals surface area contributed by atoms with E-state index in [4.69, 9.17) is 23.7 Å². The van der Waals surface area contributed by atoms with Gasteiger partial charge in [0.15, 0.2) is 24.0 Å². The first-order chi connectivity index (χ1) is 13.1. The molecule has 1 aromatic carbocycles. The zero-order valence-electron chi connectivity index (χ0n) is 16.0. The number of fused-ring (bicyclic) bond motifs is 3. The quantitative estimate of drug-likeness (QED) is 0.556. The van der Waals surface area contributed by atoms with Crippen LogP contribution in [0.15, 0.2) is 33.8 Å². The molecule has 0 aliphatic carbocycles. The predicted octanol–water partition coefficient (Wildman–Crippen LogP) is 2.30. The van der Waals surface area contributed by atoms with E-state index in [1.54, 1.807) is 33.9 Å². The van der Waals surface area contributed by atoms with Crippen molar-refractivity contribution >= 4 is 28.1 Å². The van der Waals surface area contributed by atoms with E-state index < -0.39 is 48.2 Å². The summed E-state index contributed by atoms with van der Waals surface area (Å²) >= 11 is 3.40. The van der Waals surface area contributed by atoms with Crippen LogP contribution in [0.2, 0.25) is 0 Å². The van der Waals surface area contributed by atoms with E-state index in [0.29, 0.717) is 0 Å². The zero-order chi connectivity index (χ0) is 20.1. The van der Waals surface area contributed by atoms with Gasteiger partial charge in [-0.25, -0.2) is 5.43 Å².